The Balaban J connectivity index is 2.06. The van der Waals surface area contributed by atoms with E-state index >= 15 is 0 Å². The fraction of sp³-hybridized carbons (Fsp3) is 0.217. The maximum Gasteiger partial charge on any atom is 0.165 e. The van der Waals surface area contributed by atoms with E-state index in [1.807, 2.05) is 41.2 Å². The molecule has 0 fully saturated rings. The number of hydrogen-bond acceptors (Lipinski definition) is 3. The number of aromatic nitrogens is 3. The Bertz CT molecular complexity index is 1100. The second-order valence-electron chi connectivity index (χ2n) is 7.39. The summed E-state index contributed by atoms with van der Waals surface area (Å²) < 4.78 is 2.02. The molecule has 2 aromatic heterocycles. The minimum absolute atomic E-state index is 0.186. The number of aromatic hydroxyl groups is 1. The van der Waals surface area contributed by atoms with Gasteiger partial charge >= 0.3 is 0 Å². The molecule has 4 rings (SSSR count). The maximum absolute atomic E-state index is 10.3. The first-order chi connectivity index (χ1) is 13.0. The van der Waals surface area contributed by atoms with Crippen LogP contribution in [0.5, 0.6) is 5.75 Å². The fourth-order valence-corrected chi connectivity index (χ4v) is 3.53. The van der Waals surface area contributed by atoms with E-state index in [9.17, 15) is 5.11 Å². The third kappa shape index (κ3) is 3.31. The molecule has 0 unspecified atom stereocenters. The zero-order valence-corrected chi connectivity index (χ0v) is 15.8. The molecule has 0 aliphatic carbocycles. The Hall–Kier alpha value is -3.14. The number of fused-ring (bicyclic) bond motifs is 1. The Morgan fingerprint density at radius 1 is 1.00 bits per heavy atom. The lowest BCUT2D eigenvalue weighted by atomic mass is 9.96. The molecule has 1 N–H and O–H groups in total. The molecule has 0 saturated heterocycles. The van der Waals surface area contributed by atoms with E-state index in [0.717, 1.165) is 23.1 Å². The highest BCUT2D eigenvalue weighted by molar-refractivity contribution is 5.91. The lowest BCUT2D eigenvalue weighted by molar-refractivity contribution is 0.477. The topological polar surface area (TPSA) is 50.9 Å². The molecule has 4 heteroatoms. The molecule has 4 nitrogen and oxygen atoms in total. The number of para-hydroxylation sites is 1. The van der Waals surface area contributed by atoms with Gasteiger partial charge in [-0.15, -0.1) is 0 Å². The van der Waals surface area contributed by atoms with Crippen LogP contribution in [0.3, 0.4) is 0 Å². The minimum Gasteiger partial charge on any atom is -0.507 e. The number of nitrogens with zero attached hydrogens (tertiary/aromatic N) is 3. The first-order valence-electron chi connectivity index (χ1n) is 9.26. The van der Waals surface area contributed by atoms with E-state index in [1.54, 1.807) is 12.1 Å². The number of phenolic OH excluding ortho intramolecular Hbond substituents is 1. The van der Waals surface area contributed by atoms with E-state index in [4.69, 9.17) is 9.97 Å². The van der Waals surface area contributed by atoms with Crippen LogP contribution in [0, 0.1) is 12.8 Å². The Labute approximate surface area is 159 Å². The summed E-state index contributed by atoms with van der Waals surface area (Å²) >= 11 is 0. The van der Waals surface area contributed by atoms with Gasteiger partial charge in [0, 0.05) is 17.8 Å². The quantitative estimate of drug-likeness (QED) is 0.539. The van der Waals surface area contributed by atoms with Crippen molar-refractivity contribution in [2.75, 3.05) is 0 Å². The van der Waals surface area contributed by atoms with Gasteiger partial charge in [-0.25, -0.2) is 9.97 Å². The Kier molecular flexibility index (Phi) is 4.40. The predicted molar refractivity (Wildman–Crippen MR) is 109 cm³/mol. The summed E-state index contributed by atoms with van der Waals surface area (Å²) in [7, 11) is 0. The molecule has 0 bridgehead atoms. The predicted octanol–water partition coefficient (Wildman–Crippen LogP) is 5.30. The van der Waals surface area contributed by atoms with Crippen LogP contribution in [-0.4, -0.2) is 19.6 Å². The van der Waals surface area contributed by atoms with Crippen LogP contribution in [0.4, 0.5) is 0 Å². The van der Waals surface area contributed by atoms with Crippen molar-refractivity contribution >= 4 is 10.9 Å². The third-order valence-corrected chi connectivity index (χ3v) is 4.63. The molecule has 27 heavy (non-hydrogen) atoms. The van der Waals surface area contributed by atoms with Crippen LogP contribution in [0.25, 0.3) is 28.1 Å². The Morgan fingerprint density at radius 3 is 2.44 bits per heavy atom. The molecule has 136 valence electrons. The summed E-state index contributed by atoms with van der Waals surface area (Å²) in [6, 6.07) is 15.5. The van der Waals surface area contributed by atoms with Gasteiger partial charge in [0.25, 0.3) is 0 Å². The molecular formula is C23H23N3O. The van der Waals surface area contributed by atoms with E-state index in [1.165, 1.54) is 11.1 Å². The van der Waals surface area contributed by atoms with Gasteiger partial charge in [0.1, 0.15) is 11.6 Å². The van der Waals surface area contributed by atoms with Gasteiger partial charge in [0.05, 0.1) is 11.1 Å². The molecule has 0 spiro atoms. The maximum atomic E-state index is 10.3. The molecule has 2 heterocycles. The summed E-state index contributed by atoms with van der Waals surface area (Å²) in [4.78, 5) is 9.69. The van der Waals surface area contributed by atoms with Crippen LogP contribution in [0.2, 0.25) is 0 Å². The van der Waals surface area contributed by atoms with E-state index in [2.05, 4.69) is 32.9 Å². The Morgan fingerprint density at radius 2 is 1.74 bits per heavy atom. The van der Waals surface area contributed by atoms with E-state index < -0.39 is 0 Å². The number of benzene rings is 2. The van der Waals surface area contributed by atoms with Crippen molar-refractivity contribution in [3.63, 3.8) is 0 Å². The second kappa shape index (κ2) is 6.88. The van der Waals surface area contributed by atoms with Gasteiger partial charge in [0.15, 0.2) is 5.82 Å². The average Bonchev–Trinajstić information content (AvgIpc) is 3.15. The number of hydrogen-bond donors (Lipinski definition) is 1. The summed E-state index contributed by atoms with van der Waals surface area (Å²) in [5.41, 5.74) is 3.98. The molecule has 0 radical (unpaired) electrons. The molecule has 4 aromatic rings. The lowest BCUT2D eigenvalue weighted by Crippen LogP contribution is -2.05. The highest BCUT2D eigenvalue weighted by Crippen LogP contribution is 2.32. The van der Waals surface area contributed by atoms with Gasteiger partial charge < -0.3 is 9.67 Å². The summed E-state index contributed by atoms with van der Waals surface area (Å²) in [5, 5.41) is 11.4. The third-order valence-electron chi connectivity index (χ3n) is 4.63. The zero-order chi connectivity index (χ0) is 19.0. The number of phenols is 1. The normalized spacial score (nSPS) is 11.4. The minimum atomic E-state index is 0.186. The van der Waals surface area contributed by atoms with Crippen molar-refractivity contribution in [1.29, 1.82) is 0 Å². The lowest BCUT2D eigenvalue weighted by Gasteiger charge is -2.16. The van der Waals surface area contributed by atoms with Crippen molar-refractivity contribution in [1.82, 2.24) is 14.5 Å². The summed E-state index contributed by atoms with van der Waals surface area (Å²) in [6.07, 6.45) is 4.95. The first kappa shape index (κ1) is 17.3. The molecule has 0 saturated carbocycles. The molecule has 2 aromatic carbocycles. The molecule has 0 atom stereocenters. The van der Waals surface area contributed by atoms with E-state index in [0.29, 0.717) is 17.3 Å². The molecule has 0 aliphatic rings. The van der Waals surface area contributed by atoms with Crippen LogP contribution in [-0.2, 0) is 6.42 Å². The number of rotatable bonds is 4. The van der Waals surface area contributed by atoms with Crippen LogP contribution < -0.4 is 0 Å². The summed E-state index contributed by atoms with van der Waals surface area (Å²) in [5.74, 6) is 2.10. The SMILES string of the molecule is Cc1cc(CC(C)C)c2c(-n3cccc3)nc(-c3ccccc3O)nc2c1. The van der Waals surface area contributed by atoms with Gasteiger partial charge in [-0.2, -0.15) is 0 Å². The largest absolute Gasteiger partial charge is 0.507 e. The monoisotopic (exact) mass is 357 g/mol. The zero-order valence-electron chi connectivity index (χ0n) is 15.8. The fourth-order valence-electron chi connectivity index (χ4n) is 3.53. The van der Waals surface area contributed by atoms with Crippen molar-refractivity contribution in [2.45, 2.75) is 27.2 Å². The molecular weight excluding hydrogens is 334 g/mol. The van der Waals surface area contributed by atoms with Gasteiger partial charge in [-0.05, 0) is 60.7 Å². The van der Waals surface area contributed by atoms with Gasteiger partial charge in [0.2, 0.25) is 0 Å². The van der Waals surface area contributed by atoms with Crippen molar-refractivity contribution in [2.24, 2.45) is 5.92 Å². The van der Waals surface area contributed by atoms with Crippen LogP contribution in [0.15, 0.2) is 60.9 Å². The smallest absolute Gasteiger partial charge is 0.165 e. The highest BCUT2D eigenvalue weighted by Gasteiger charge is 2.17. The van der Waals surface area contributed by atoms with Crippen LogP contribution >= 0.6 is 0 Å². The van der Waals surface area contributed by atoms with E-state index in [-0.39, 0.29) is 5.75 Å². The highest BCUT2D eigenvalue weighted by atomic mass is 16.3. The van der Waals surface area contributed by atoms with Crippen molar-refractivity contribution < 1.29 is 5.11 Å². The summed E-state index contributed by atoms with van der Waals surface area (Å²) in [6.45, 7) is 6.54. The van der Waals surface area contributed by atoms with Gasteiger partial charge in [-0.3, -0.25) is 0 Å². The van der Waals surface area contributed by atoms with Crippen LogP contribution in [0.1, 0.15) is 25.0 Å². The second-order valence-corrected chi connectivity index (χ2v) is 7.39. The number of aryl methyl sites for hydroxylation is 1. The van der Waals surface area contributed by atoms with Crippen molar-refractivity contribution in [3.8, 4) is 23.0 Å². The molecule has 0 amide bonds. The standard InChI is InChI=1S/C23H23N3O/c1-15(2)12-17-13-16(3)14-19-21(17)23(26-10-6-7-11-26)25-22(24-19)18-8-4-5-9-20(18)27/h4-11,13-15,27H,12H2,1-3H3. The first-order valence-corrected chi connectivity index (χ1v) is 9.26. The molecule has 0 aliphatic heterocycles. The van der Waals surface area contributed by atoms with Gasteiger partial charge in [-0.1, -0.05) is 32.0 Å². The van der Waals surface area contributed by atoms with Crippen molar-refractivity contribution in [3.05, 3.63) is 72.1 Å². The average molecular weight is 357 g/mol.